The third-order valence-electron chi connectivity index (χ3n) is 2.20. The average molecular weight is 211 g/mol. The predicted octanol–water partition coefficient (Wildman–Crippen LogP) is 0.346. The molecule has 1 heterocycles. The zero-order chi connectivity index (χ0) is 11.1. The monoisotopic (exact) mass is 211 g/mol. The van der Waals surface area contributed by atoms with Gasteiger partial charge in [-0.15, -0.1) is 0 Å². The fourth-order valence-corrected chi connectivity index (χ4v) is 1.22. The number of methoxy groups -OCH3 is 1. The third-order valence-corrected chi connectivity index (χ3v) is 2.20. The van der Waals surface area contributed by atoms with E-state index in [1.54, 1.807) is 19.5 Å². The van der Waals surface area contributed by atoms with E-state index in [0.717, 1.165) is 12.1 Å². The molecule has 0 aliphatic carbocycles. The molecule has 0 saturated heterocycles. The van der Waals surface area contributed by atoms with Crippen molar-refractivity contribution in [3.05, 3.63) is 18.1 Å². The summed E-state index contributed by atoms with van der Waals surface area (Å²) in [4.78, 5) is 8.20. The van der Waals surface area contributed by atoms with E-state index in [-0.39, 0.29) is 12.6 Å². The van der Waals surface area contributed by atoms with Crippen LogP contribution in [0.4, 0.5) is 0 Å². The highest BCUT2D eigenvalue weighted by Gasteiger charge is 2.08. The molecule has 0 fully saturated rings. The van der Waals surface area contributed by atoms with E-state index in [4.69, 9.17) is 9.84 Å². The van der Waals surface area contributed by atoms with Crippen LogP contribution in [0.1, 0.15) is 19.0 Å². The third kappa shape index (κ3) is 3.45. The molecule has 84 valence electrons. The Morgan fingerprint density at radius 1 is 1.47 bits per heavy atom. The highest BCUT2D eigenvalue weighted by Crippen LogP contribution is 2.10. The topological polar surface area (TPSA) is 67.3 Å². The van der Waals surface area contributed by atoms with E-state index in [0.29, 0.717) is 12.4 Å². The first-order chi connectivity index (χ1) is 7.31. The summed E-state index contributed by atoms with van der Waals surface area (Å²) in [6.07, 6.45) is 4.09. The normalized spacial score (nSPS) is 12.5. The quantitative estimate of drug-likeness (QED) is 0.710. The summed E-state index contributed by atoms with van der Waals surface area (Å²) in [6.45, 7) is 2.69. The minimum absolute atomic E-state index is 0.0942. The van der Waals surface area contributed by atoms with Crippen LogP contribution >= 0.6 is 0 Å². The lowest BCUT2D eigenvalue weighted by molar-refractivity contribution is 0.237. The molecule has 1 aromatic rings. The molecule has 0 saturated carbocycles. The molecule has 1 aromatic heterocycles. The Labute approximate surface area is 89.5 Å². The predicted molar refractivity (Wildman–Crippen MR) is 56.6 cm³/mol. The fraction of sp³-hybridized carbons (Fsp3) is 0.600. The van der Waals surface area contributed by atoms with Gasteiger partial charge in [0, 0.05) is 25.0 Å². The molecule has 0 bridgehead atoms. The molecule has 0 radical (unpaired) electrons. The van der Waals surface area contributed by atoms with Gasteiger partial charge in [-0.3, -0.25) is 4.98 Å². The summed E-state index contributed by atoms with van der Waals surface area (Å²) in [6, 6.07) is 0.0942. The van der Waals surface area contributed by atoms with Crippen LogP contribution in [-0.2, 0) is 6.54 Å². The van der Waals surface area contributed by atoms with Gasteiger partial charge in [-0.25, -0.2) is 4.98 Å². The van der Waals surface area contributed by atoms with Gasteiger partial charge >= 0.3 is 0 Å². The molecule has 0 amide bonds. The van der Waals surface area contributed by atoms with Crippen LogP contribution in [-0.4, -0.2) is 34.8 Å². The van der Waals surface area contributed by atoms with Crippen LogP contribution in [0.3, 0.4) is 0 Å². The second-order valence-corrected chi connectivity index (χ2v) is 3.18. The number of aliphatic hydroxyl groups excluding tert-OH is 1. The Morgan fingerprint density at radius 3 is 2.80 bits per heavy atom. The zero-order valence-electron chi connectivity index (χ0n) is 9.10. The highest BCUT2D eigenvalue weighted by atomic mass is 16.5. The lowest BCUT2D eigenvalue weighted by atomic mass is 10.2. The zero-order valence-corrected chi connectivity index (χ0v) is 9.10. The van der Waals surface area contributed by atoms with Crippen molar-refractivity contribution in [3.8, 4) is 5.88 Å². The summed E-state index contributed by atoms with van der Waals surface area (Å²) in [7, 11) is 1.57. The molecule has 0 spiro atoms. The van der Waals surface area contributed by atoms with Crippen LogP contribution in [0, 0.1) is 0 Å². The first kappa shape index (κ1) is 11.9. The van der Waals surface area contributed by atoms with Crippen LogP contribution in [0.2, 0.25) is 0 Å². The summed E-state index contributed by atoms with van der Waals surface area (Å²) < 4.78 is 5.07. The Kier molecular flexibility index (Phi) is 5.00. The fourth-order valence-electron chi connectivity index (χ4n) is 1.22. The van der Waals surface area contributed by atoms with Crippen molar-refractivity contribution in [2.75, 3.05) is 13.7 Å². The van der Waals surface area contributed by atoms with E-state index >= 15 is 0 Å². The number of ether oxygens (including phenoxy) is 1. The van der Waals surface area contributed by atoms with E-state index in [1.807, 2.05) is 6.92 Å². The van der Waals surface area contributed by atoms with Crippen molar-refractivity contribution < 1.29 is 9.84 Å². The van der Waals surface area contributed by atoms with Gasteiger partial charge in [0.1, 0.15) is 5.69 Å². The molecule has 0 aliphatic rings. The van der Waals surface area contributed by atoms with E-state index in [2.05, 4.69) is 15.3 Å². The number of hydrogen-bond acceptors (Lipinski definition) is 5. The van der Waals surface area contributed by atoms with Crippen LogP contribution in [0.15, 0.2) is 12.4 Å². The van der Waals surface area contributed by atoms with Gasteiger partial charge < -0.3 is 15.2 Å². The highest BCUT2D eigenvalue weighted by molar-refractivity contribution is 5.16. The van der Waals surface area contributed by atoms with Gasteiger partial charge in [0.25, 0.3) is 0 Å². The van der Waals surface area contributed by atoms with E-state index in [9.17, 15) is 0 Å². The maximum Gasteiger partial charge on any atom is 0.236 e. The number of rotatable bonds is 6. The Hall–Kier alpha value is -1.20. The number of nitrogens with one attached hydrogen (secondary N) is 1. The van der Waals surface area contributed by atoms with E-state index in [1.165, 1.54) is 0 Å². The molecule has 0 aromatic carbocycles. The second kappa shape index (κ2) is 6.31. The Balaban J connectivity index is 2.56. The lowest BCUT2D eigenvalue weighted by Crippen LogP contribution is -2.31. The molecule has 2 N–H and O–H groups in total. The minimum Gasteiger partial charge on any atom is -0.480 e. The van der Waals surface area contributed by atoms with Crippen LogP contribution in [0.5, 0.6) is 5.88 Å². The molecule has 1 atom stereocenters. The smallest absolute Gasteiger partial charge is 0.236 e. The largest absolute Gasteiger partial charge is 0.480 e. The van der Waals surface area contributed by atoms with Gasteiger partial charge in [0.05, 0.1) is 13.7 Å². The Bertz CT molecular complexity index is 290. The number of aliphatic hydroxyl groups is 1. The molecule has 1 rings (SSSR count). The van der Waals surface area contributed by atoms with Gasteiger partial charge in [-0.1, -0.05) is 6.92 Å². The van der Waals surface area contributed by atoms with Crippen molar-refractivity contribution in [2.45, 2.75) is 25.9 Å². The molecule has 0 aliphatic heterocycles. The van der Waals surface area contributed by atoms with Crippen LogP contribution < -0.4 is 10.1 Å². The van der Waals surface area contributed by atoms with Crippen molar-refractivity contribution in [1.29, 1.82) is 0 Å². The molecule has 5 heteroatoms. The molecule has 5 nitrogen and oxygen atoms in total. The molecular weight excluding hydrogens is 194 g/mol. The first-order valence-corrected chi connectivity index (χ1v) is 4.99. The first-order valence-electron chi connectivity index (χ1n) is 4.99. The second-order valence-electron chi connectivity index (χ2n) is 3.18. The average Bonchev–Trinajstić information content (AvgIpc) is 2.31. The summed E-state index contributed by atoms with van der Waals surface area (Å²) in [5, 5.41) is 12.2. The molecule has 15 heavy (non-hydrogen) atoms. The van der Waals surface area contributed by atoms with Gasteiger partial charge in [0.2, 0.25) is 5.88 Å². The van der Waals surface area contributed by atoms with Gasteiger partial charge in [-0.05, 0) is 6.42 Å². The Morgan fingerprint density at radius 2 is 2.20 bits per heavy atom. The summed E-state index contributed by atoms with van der Waals surface area (Å²) >= 11 is 0. The standard InChI is InChI=1S/C10H17N3O2/c1-3-8(7-14)13-6-9-10(15-2)12-5-4-11-9/h4-5,8,13-14H,3,6-7H2,1-2H3/t8-/m0/s1. The summed E-state index contributed by atoms with van der Waals surface area (Å²) in [5.41, 5.74) is 0.756. The lowest BCUT2D eigenvalue weighted by Gasteiger charge is -2.14. The van der Waals surface area contributed by atoms with Crippen molar-refractivity contribution in [2.24, 2.45) is 0 Å². The summed E-state index contributed by atoms with van der Waals surface area (Å²) in [5.74, 6) is 0.526. The van der Waals surface area contributed by atoms with Crippen LogP contribution in [0.25, 0.3) is 0 Å². The van der Waals surface area contributed by atoms with Crippen molar-refractivity contribution in [1.82, 2.24) is 15.3 Å². The number of hydrogen-bond donors (Lipinski definition) is 2. The molecule has 0 unspecified atom stereocenters. The van der Waals surface area contributed by atoms with Gasteiger partial charge in [-0.2, -0.15) is 0 Å². The van der Waals surface area contributed by atoms with E-state index < -0.39 is 0 Å². The van der Waals surface area contributed by atoms with Gasteiger partial charge in [0.15, 0.2) is 0 Å². The number of aromatic nitrogens is 2. The number of nitrogens with zero attached hydrogens (tertiary/aromatic N) is 2. The van der Waals surface area contributed by atoms with Crippen molar-refractivity contribution in [3.63, 3.8) is 0 Å². The minimum atomic E-state index is 0.0942. The maximum absolute atomic E-state index is 9.00. The maximum atomic E-state index is 9.00. The van der Waals surface area contributed by atoms with Crippen molar-refractivity contribution >= 4 is 0 Å². The molecular formula is C10H17N3O2. The SMILES string of the molecule is CC[C@@H](CO)NCc1nccnc1OC.